The van der Waals surface area contributed by atoms with E-state index in [1.807, 2.05) is 13.8 Å². The van der Waals surface area contributed by atoms with Gasteiger partial charge in [-0.15, -0.1) is 11.3 Å². The third-order valence-electron chi connectivity index (χ3n) is 3.99. The van der Waals surface area contributed by atoms with Crippen LogP contribution in [0.15, 0.2) is 60.0 Å². The number of anilines is 3. The number of hydrogen-bond donors (Lipinski definition) is 3. The summed E-state index contributed by atoms with van der Waals surface area (Å²) in [5, 5.41) is 7.08. The lowest BCUT2D eigenvalue weighted by molar-refractivity contribution is 0.102. The Labute approximate surface area is 190 Å². The van der Waals surface area contributed by atoms with Crippen LogP contribution in [0.1, 0.15) is 33.9 Å². The highest BCUT2D eigenvalue weighted by Gasteiger charge is 2.15. The summed E-state index contributed by atoms with van der Waals surface area (Å²) in [6.45, 7) is 3.87. The van der Waals surface area contributed by atoms with Gasteiger partial charge in [-0.1, -0.05) is 6.07 Å². The maximum Gasteiger partial charge on any atom is 0.265 e. The molecule has 0 aliphatic carbocycles. The fraction of sp³-hybridized carbons (Fsp3) is 0.182. The summed E-state index contributed by atoms with van der Waals surface area (Å²) in [5.74, 6) is -0.0267. The van der Waals surface area contributed by atoms with Gasteiger partial charge in [0.15, 0.2) is 0 Å². The van der Waals surface area contributed by atoms with Crippen molar-refractivity contribution in [1.82, 2.24) is 0 Å². The van der Waals surface area contributed by atoms with Crippen LogP contribution in [0.3, 0.4) is 0 Å². The third kappa shape index (κ3) is 6.82. The quantitative estimate of drug-likeness (QED) is 0.448. The number of ether oxygens (including phenoxy) is 1. The van der Waals surface area contributed by atoms with Gasteiger partial charge in [-0.2, -0.15) is 0 Å². The lowest BCUT2D eigenvalue weighted by Gasteiger charge is -2.10. The molecule has 3 N–H and O–H groups in total. The third-order valence-corrected chi connectivity index (χ3v) is 5.53. The van der Waals surface area contributed by atoms with E-state index in [-0.39, 0.29) is 12.0 Å². The molecule has 0 atom stereocenters. The Morgan fingerprint density at radius 1 is 0.906 bits per heavy atom. The lowest BCUT2D eigenvalue weighted by Crippen LogP contribution is -2.13. The maximum absolute atomic E-state index is 12.5. The van der Waals surface area contributed by atoms with Gasteiger partial charge in [0.25, 0.3) is 11.8 Å². The van der Waals surface area contributed by atoms with Crippen molar-refractivity contribution in [2.24, 2.45) is 0 Å². The Morgan fingerprint density at radius 2 is 1.56 bits per heavy atom. The van der Waals surface area contributed by atoms with Crippen LogP contribution in [0.5, 0.6) is 5.75 Å². The average Bonchev–Trinajstić information content (AvgIpc) is 3.19. The maximum atomic E-state index is 12.5. The van der Waals surface area contributed by atoms with Gasteiger partial charge in [0.1, 0.15) is 5.75 Å². The highest BCUT2D eigenvalue weighted by Crippen LogP contribution is 2.22. The summed E-state index contributed by atoms with van der Waals surface area (Å²) in [4.78, 5) is 25.4. The van der Waals surface area contributed by atoms with Crippen molar-refractivity contribution in [1.29, 1.82) is 0 Å². The number of carbonyl (C=O) groups excluding carboxylic acids is 2. The molecule has 0 bridgehead atoms. The molecular formula is C22H23N3O5S2. The minimum Gasteiger partial charge on any atom is -0.491 e. The van der Waals surface area contributed by atoms with Crippen molar-refractivity contribution in [3.8, 4) is 5.75 Å². The zero-order chi connectivity index (χ0) is 23.3. The Bertz CT molecular complexity index is 1220. The van der Waals surface area contributed by atoms with Gasteiger partial charge in [-0.25, -0.2) is 8.42 Å². The van der Waals surface area contributed by atoms with Crippen LogP contribution in [0.4, 0.5) is 17.1 Å². The second-order valence-corrected chi connectivity index (χ2v) is 9.91. The van der Waals surface area contributed by atoms with E-state index < -0.39 is 15.9 Å². The lowest BCUT2D eigenvalue weighted by atomic mass is 10.2. The van der Waals surface area contributed by atoms with Gasteiger partial charge < -0.3 is 15.4 Å². The molecule has 32 heavy (non-hydrogen) atoms. The van der Waals surface area contributed by atoms with Crippen LogP contribution < -0.4 is 20.1 Å². The molecule has 1 aromatic heterocycles. The molecule has 0 aliphatic heterocycles. The molecule has 0 saturated carbocycles. The second-order valence-electron chi connectivity index (χ2n) is 7.25. The summed E-state index contributed by atoms with van der Waals surface area (Å²) in [7, 11) is -3.43. The first-order valence-electron chi connectivity index (χ1n) is 9.65. The molecule has 3 rings (SSSR count). The summed E-state index contributed by atoms with van der Waals surface area (Å²) in [6, 6.07) is 14.9. The zero-order valence-electron chi connectivity index (χ0n) is 17.7. The number of nitrogens with one attached hydrogen (secondary N) is 3. The molecule has 2 aromatic carbocycles. The standard InChI is InChI=1S/C22H23N3O5S2/c1-14(2)30-19-9-7-16(8-10-19)23-21(26)15-11-20(31-13-15)22(27)24-17-5-4-6-18(12-17)25-32(3,28)29/h4-14,25H,1-3H3,(H,23,26)(H,24,27). The van der Waals surface area contributed by atoms with E-state index in [2.05, 4.69) is 15.4 Å². The predicted molar refractivity (Wildman–Crippen MR) is 127 cm³/mol. The molecule has 1 heterocycles. The molecule has 0 aliphatic rings. The van der Waals surface area contributed by atoms with E-state index >= 15 is 0 Å². The van der Waals surface area contributed by atoms with E-state index in [0.29, 0.717) is 33.3 Å². The Balaban J connectivity index is 1.63. The molecule has 3 aromatic rings. The van der Waals surface area contributed by atoms with E-state index in [1.165, 1.54) is 12.1 Å². The van der Waals surface area contributed by atoms with Crippen LogP contribution in [0.2, 0.25) is 0 Å². The van der Waals surface area contributed by atoms with Gasteiger partial charge in [0.2, 0.25) is 10.0 Å². The fourth-order valence-electron chi connectivity index (χ4n) is 2.73. The molecule has 0 unspecified atom stereocenters. The Morgan fingerprint density at radius 3 is 2.22 bits per heavy atom. The number of sulfonamides is 1. The summed E-state index contributed by atoms with van der Waals surface area (Å²) < 4.78 is 30.7. The molecule has 8 nitrogen and oxygen atoms in total. The summed E-state index contributed by atoms with van der Waals surface area (Å²) in [6.07, 6.45) is 1.11. The first-order valence-corrected chi connectivity index (χ1v) is 12.4. The molecule has 2 amide bonds. The number of amides is 2. The molecule has 10 heteroatoms. The number of benzene rings is 2. The first kappa shape index (κ1) is 23.3. The smallest absolute Gasteiger partial charge is 0.265 e. The van der Waals surface area contributed by atoms with Gasteiger partial charge in [0.05, 0.1) is 28.5 Å². The van der Waals surface area contributed by atoms with Gasteiger partial charge in [-0.3, -0.25) is 14.3 Å². The van der Waals surface area contributed by atoms with Crippen molar-refractivity contribution < 1.29 is 22.7 Å². The summed E-state index contributed by atoms with van der Waals surface area (Å²) >= 11 is 1.13. The largest absolute Gasteiger partial charge is 0.491 e. The highest BCUT2D eigenvalue weighted by molar-refractivity contribution is 7.92. The van der Waals surface area contributed by atoms with E-state index in [4.69, 9.17) is 4.74 Å². The summed E-state index contributed by atoms with van der Waals surface area (Å²) in [5.41, 5.74) is 1.72. The normalized spacial score (nSPS) is 11.1. The zero-order valence-corrected chi connectivity index (χ0v) is 19.3. The topological polar surface area (TPSA) is 114 Å². The van der Waals surface area contributed by atoms with Crippen LogP contribution in [-0.4, -0.2) is 32.6 Å². The second kappa shape index (κ2) is 9.84. The Kier molecular flexibility index (Phi) is 7.16. The van der Waals surface area contributed by atoms with Crippen molar-refractivity contribution in [3.05, 3.63) is 70.4 Å². The predicted octanol–water partition coefficient (Wildman–Crippen LogP) is 4.41. The van der Waals surface area contributed by atoms with Crippen LogP contribution in [-0.2, 0) is 10.0 Å². The number of rotatable bonds is 8. The highest BCUT2D eigenvalue weighted by atomic mass is 32.2. The minimum atomic E-state index is -3.43. The van der Waals surface area contributed by atoms with Crippen LogP contribution in [0.25, 0.3) is 0 Å². The molecule has 0 spiro atoms. The molecular weight excluding hydrogens is 450 g/mol. The van der Waals surface area contributed by atoms with E-state index in [0.717, 1.165) is 17.6 Å². The molecule has 0 radical (unpaired) electrons. The molecule has 168 valence electrons. The van der Waals surface area contributed by atoms with Gasteiger partial charge >= 0.3 is 0 Å². The average molecular weight is 474 g/mol. The van der Waals surface area contributed by atoms with Crippen LogP contribution >= 0.6 is 11.3 Å². The van der Waals surface area contributed by atoms with Crippen molar-refractivity contribution in [2.75, 3.05) is 21.6 Å². The van der Waals surface area contributed by atoms with Gasteiger partial charge in [-0.05, 0) is 62.4 Å². The van der Waals surface area contributed by atoms with E-state index in [1.54, 1.807) is 47.8 Å². The number of carbonyl (C=O) groups is 2. The number of thiophene rings is 1. The van der Waals surface area contributed by atoms with E-state index in [9.17, 15) is 18.0 Å². The van der Waals surface area contributed by atoms with Crippen LogP contribution in [0, 0.1) is 0 Å². The van der Waals surface area contributed by atoms with Crippen molar-refractivity contribution >= 4 is 50.2 Å². The molecule has 0 fully saturated rings. The molecule has 0 saturated heterocycles. The Hall–Kier alpha value is -3.37. The van der Waals surface area contributed by atoms with Gasteiger partial charge in [0, 0.05) is 16.8 Å². The monoisotopic (exact) mass is 473 g/mol. The van der Waals surface area contributed by atoms with Crippen molar-refractivity contribution in [3.63, 3.8) is 0 Å². The van der Waals surface area contributed by atoms with Crippen molar-refractivity contribution in [2.45, 2.75) is 20.0 Å². The fourth-order valence-corrected chi connectivity index (χ4v) is 4.07. The first-order chi connectivity index (χ1) is 15.1. The number of hydrogen-bond acceptors (Lipinski definition) is 6. The minimum absolute atomic E-state index is 0.0595. The SMILES string of the molecule is CC(C)Oc1ccc(NC(=O)c2csc(C(=O)Nc3cccc(NS(C)(=O)=O)c3)c2)cc1.